The summed E-state index contributed by atoms with van der Waals surface area (Å²) in [5.74, 6) is 0.153. The maximum absolute atomic E-state index is 6.12. The van der Waals surface area contributed by atoms with Gasteiger partial charge < -0.3 is 11.5 Å². The molecule has 0 radical (unpaired) electrons. The fraction of sp³-hybridized carbons (Fsp3) is 0. The number of aromatic nitrogens is 3. The predicted molar refractivity (Wildman–Crippen MR) is 88.3 cm³/mol. The van der Waals surface area contributed by atoms with Crippen LogP contribution in [-0.2, 0) is 0 Å². The Kier molecular flexibility index (Phi) is 3.79. The first-order chi connectivity index (χ1) is 10.6. The van der Waals surface area contributed by atoms with Gasteiger partial charge in [0.15, 0.2) is 11.8 Å². The third-order valence-electron chi connectivity index (χ3n) is 2.94. The van der Waals surface area contributed by atoms with E-state index in [4.69, 9.17) is 34.7 Å². The summed E-state index contributed by atoms with van der Waals surface area (Å²) in [7, 11) is 0. The molecule has 2 heterocycles. The molecule has 0 aliphatic rings. The molecule has 22 heavy (non-hydrogen) atoms. The number of pyridine rings is 1. The molecule has 0 fully saturated rings. The molecule has 2 aromatic heterocycles. The summed E-state index contributed by atoms with van der Waals surface area (Å²) in [6.45, 7) is 0. The van der Waals surface area contributed by atoms with Crippen molar-refractivity contribution in [2.24, 2.45) is 16.5 Å². The predicted octanol–water partition coefficient (Wildman–Crippen LogP) is 2.90. The van der Waals surface area contributed by atoms with E-state index in [-0.39, 0.29) is 11.8 Å². The summed E-state index contributed by atoms with van der Waals surface area (Å²) in [5.41, 5.74) is 12.1. The van der Waals surface area contributed by atoms with Crippen LogP contribution in [0.5, 0.6) is 0 Å². The highest BCUT2D eigenvalue weighted by molar-refractivity contribution is 6.43. The molecule has 3 aromatic rings. The largest absolute Gasteiger partial charge is 0.370 e. The van der Waals surface area contributed by atoms with E-state index in [1.54, 1.807) is 18.3 Å². The van der Waals surface area contributed by atoms with E-state index in [1.807, 2.05) is 18.2 Å². The Labute approximate surface area is 135 Å². The molecule has 0 aliphatic carbocycles. The zero-order valence-electron chi connectivity index (χ0n) is 11.2. The zero-order chi connectivity index (χ0) is 15.7. The lowest BCUT2D eigenvalue weighted by atomic mass is 10.1. The summed E-state index contributed by atoms with van der Waals surface area (Å²) in [6.07, 6.45) is 1.67. The Morgan fingerprint density at radius 3 is 2.36 bits per heavy atom. The van der Waals surface area contributed by atoms with E-state index in [1.165, 1.54) is 0 Å². The highest BCUT2D eigenvalue weighted by atomic mass is 35.5. The molecule has 0 saturated heterocycles. The number of aliphatic imine (C=N–C) groups is 1. The van der Waals surface area contributed by atoms with Gasteiger partial charge in [-0.1, -0.05) is 29.3 Å². The molecule has 0 saturated carbocycles. The Hall–Kier alpha value is -2.44. The minimum Gasteiger partial charge on any atom is -0.370 e. The number of hydrogen-bond donors (Lipinski definition) is 2. The first-order valence-corrected chi connectivity index (χ1v) is 6.98. The average Bonchev–Trinajstić information content (AvgIpc) is 2.50. The number of guanidine groups is 1. The number of nitrogens with two attached hydrogens (primary N) is 2. The van der Waals surface area contributed by atoms with E-state index >= 15 is 0 Å². The molecular formula is C14H10Cl2N6. The molecule has 3 rings (SSSR count). The van der Waals surface area contributed by atoms with E-state index in [9.17, 15) is 0 Å². The van der Waals surface area contributed by atoms with Crippen molar-refractivity contribution in [3.8, 4) is 11.4 Å². The molecule has 110 valence electrons. The Balaban J connectivity index is 2.37. The standard InChI is InChI=1S/C14H10Cl2N6/c15-9-5-7-8(6-10(9)16)13(20-14(17)18)22-21-12(7)11-3-1-2-4-19-11/h1-6H,(H4,17,18,20,22). The van der Waals surface area contributed by atoms with Crippen LogP contribution >= 0.6 is 23.2 Å². The summed E-state index contributed by atoms with van der Waals surface area (Å²) >= 11 is 12.2. The SMILES string of the molecule is NC(N)=Nc1nnc(-c2ccccn2)c2cc(Cl)c(Cl)cc12. The molecule has 0 atom stereocenters. The molecule has 0 amide bonds. The van der Waals surface area contributed by atoms with Gasteiger partial charge in [0.05, 0.1) is 15.7 Å². The second kappa shape index (κ2) is 5.75. The van der Waals surface area contributed by atoms with E-state index in [2.05, 4.69) is 20.2 Å². The number of nitrogens with zero attached hydrogens (tertiary/aromatic N) is 4. The summed E-state index contributed by atoms with van der Waals surface area (Å²) in [4.78, 5) is 8.25. The maximum atomic E-state index is 6.12. The van der Waals surface area contributed by atoms with Crippen LogP contribution in [0.15, 0.2) is 41.5 Å². The molecule has 1 aromatic carbocycles. The van der Waals surface area contributed by atoms with Gasteiger partial charge in [0.25, 0.3) is 0 Å². The Morgan fingerprint density at radius 2 is 1.73 bits per heavy atom. The second-order valence-electron chi connectivity index (χ2n) is 4.44. The minimum atomic E-state index is -0.118. The maximum Gasteiger partial charge on any atom is 0.192 e. The van der Waals surface area contributed by atoms with Gasteiger partial charge in [-0.3, -0.25) is 4.98 Å². The van der Waals surface area contributed by atoms with Crippen LogP contribution in [0.2, 0.25) is 10.0 Å². The monoisotopic (exact) mass is 332 g/mol. The van der Waals surface area contributed by atoms with Crippen molar-refractivity contribution >= 4 is 45.8 Å². The smallest absolute Gasteiger partial charge is 0.192 e. The molecule has 0 spiro atoms. The van der Waals surface area contributed by atoms with E-state index in [0.29, 0.717) is 32.2 Å². The van der Waals surface area contributed by atoms with Gasteiger partial charge in [-0.15, -0.1) is 10.2 Å². The highest BCUT2D eigenvalue weighted by Gasteiger charge is 2.14. The van der Waals surface area contributed by atoms with Crippen LogP contribution in [0.3, 0.4) is 0 Å². The van der Waals surface area contributed by atoms with Gasteiger partial charge in [-0.05, 0) is 24.3 Å². The molecule has 0 aliphatic heterocycles. The van der Waals surface area contributed by atoms with Crippen molar-refractivity contribution in [3.05, 3.63) is 46.6 Å². The van der Waals surface area contributed by atoms with Gasteiger partial charge in [-0.2, -0.15) is 4.99 Å². The van der Waals surface area contributed by atoms with Gasteiger partial charge in [-0.25, -0.2) is 0 Å². The van der Waals surface area contributed by atoms with Crippen molar-refractivity contribution in [2.75, 3.05) is 0 Å². The quantitative estimate of drug-likeness (QED) is 0.554. The fourth-order valence-electron chi connectivity index (χ4n) is 2.03. The highest BCUT2D eigenvalue weighted by Crippen LogP contribution is 2.35. The number of hydrogen-bond acceptors (Lipinski definition) is 4. The molecule has 4 N–H and O–H groups in total. The van der Waals surface area contributed by atoms with Crippen LogP contribution in [0.4, 0.5) is 5.82 Å². The minimum absolute atomic E-state index is 0.118. The van der Waals surface area contributed by atoms with Crippen LogP contribution in [-0.4, -0.2) is 21.1 Å². The molecular weight excluding hydrogens is 323 g/mol. The number of benzene rings is 1. The Bertz CT molecular complexity index is 875. The molecule has 0 unspecified atom stereocenters. The van der Waals surface area contributed by atoms with Crippen molar-refractivity contribution < 1.29 is 0 Å². The first-order valence-electron chi connectivity index (χ1n) is 6.22. The van der Waals surface area contributed by atoms with Crippen LogP contribution in [0, 0.1) is 0 Å². The van der Waals surface area contributed by atoms with Gasteiger partial charge in [0.2, 0.25) is 0 Å². The van der Waals surface area contributed by atoms with Crippen molar-refractivity contribution in [1.29, 1.82) is 0 Å². The fourth-order valence-corrected chi connectivity index (χ4v) is 2.36. The third-order valence-corrected chi connectivity index (χ3v) is 3.67. The summed E-state index contributed by atoms with van der Waals surface area (Å²) in [6, 6.07) is 8.85. The first kappa shape index (κ1) is 14.5. The topological polar surface area (TPSA) is 103 Å². The van der Waals surface area contributed by atoms with Gasteiger partial charge in [0.1, 0.15) is 5.69 Å². The lowest BCUT2D eigenvalue weighted by Gasteiger charge is -2.08. The lowest BCUT2D eigenvalue weighted by molar-refractivity contribution is 1.04. The summed E-state index contributed by atoms with van der Waals surface area (Å²) in [5, 5.41) is 10.3. The van der Waals surface area contributed by atoms with Gasteiger partial charge in [0, 0.05) is 17.0 Å². The van der Waals surface area contributed by atoms with Crippen molar-refractivity contribution in [1.82, 2.24) is 15.2 Å². The van der Waals surface area contributed by atoms with Crippen LogP contribution in [0.1, 0.15) is 0 Å². The lowest BCUT2D eigenvalue weighted by Crippen LogP contribution is -2.22. The molecule has 0 bridgehead atoms. The van der Waals surface area contributed by atoms with E-state index < -0.39 is 0 Å². The zero-order valence-corrected chi connectivity index (χ0v) is 12.7. The van der Waals surface area contributed by atoms with Crippen LogP contribution in [0.25, 0.3) is 22.2 Å². The van der Waals surface area contributed by atoms with Gasteiger partial charge >= 0.3 is 0 Å². The average molecular weight is 333 g/mol. The van der Waals surface area contributed by atoms with Crippen molar-refractivity contribution in [2.45, 2.75) is 0 Å². The molecule has 6 nitrogen and oxygen atoms in total. The number of rotatable bonds is 2. The van der Waals surface area contributed by atoms with Crippen LogP contribution < -0.4 is 11.5 Å². The van der Waals surface area contributed by atoms with E-state index in [0.717, 1.165) is 0 Å². The molecule has 8 heteroatoms. The summed E-state index contributed by atoms with van der Waals surface area (Å²) < 4.78 is 0. The Morgan fingerprint density at radius 1 is 1.00 bits per heavy atom. The van der Waals surface area contributed by atoms with Crippen molar-refractivity contribution in [3.63, 3.8) is 0 Å². The number of halogens is 2. The number of fused-ring (bicyclic) bond motifs is 1. The third kappa shape index (κ3) is 2.66. The normalized spacial score (nSPS) is 10.6. The second-order valence-corrected chi connectivity index (χ2v) is 5.25.